The minimum absolute atomic E-state index is 0.107. The molecule has 0 aliphatic heterocycles. The maximum atomic E-state index is 11.8. The van der Waals surface area contributed by atoms with Crippen LogP contribution in [0.25, 0.3) is 0 Å². The first-order valence-electron chi connectivity index (χ1n) is 6.28. The van der Waals surface area contributed by atoms with Gasteiger partial charge in [0.25, 0.3) is 0 Å². The zero-order valence-electron chi connectivity index (χ0n) is 10.4. The van der Waals surface area contributed by atoms with Gasteiger partial charge in [-0.15, -0.1) is 0 Å². The van der Waals surface area contributed by atoms with Crippen LogP contribution in [-0.2, 0) is 4.79 Å². The summed E-state index contributed by atoms with van der Waals surface area (Å²) in [5.74, 6) is 0.107. The van der Waals surface area contributed by atoms with Gasteiger partial charge >= 0.3 is 0 Å². The number of benzene rings is 1. The maximum Gasteiger partial charge on any atom is 0.237 e. The van der Waals surface area contributed by atoms with Gasteiger partial charge < -0.3 is 5.32 Å². The van der Waals surface area contributed by atoms with E-state index < -0.39 is 0 Å². The third-order valence-electron chi connectivity index (χ3n) is 3.12. The lowest BCUT2D eigenvalue weighted by Gasteiger charge is -2.19. The van der Waals surface area contributed by atoms with Gasteiger partial charge in [0, 0.05) is 12.1 Å². The molecular formula is C14H20N2O. The molecule has 1 aliphatic carbocycles. The normalized spacial score (nSPS) is 18.5. The molecule has 1 saturated carbocycles. The number of rotatable bonds is 5. The number of hydrogen-bond donors (Lipinski definition) is 2. The van der Waals surface area contributed by atoms with Gasteiger partial charge in [-0.3, -0.25) is 10.1 Å². The summed E-state index contributed by atoms with van der Waals surface area (Å²) in [6.45, 7) is 3.99. The van der Waals surface area contributed by atoms with Crippen LogP contribution in [-0.4, -0.2) is 18.0 Å². The molecule has 0 spiro atoms. The molecule has 17 heavy (non-hydrogen) atoms. The first-order valence-corrected chi connectivity index (χ1v) is 6.28. The molecule has 1 unspecified atom stereocenters. The molecule has 3 nitrogen and oxygen atoms in total. The van der Waals surface area contributed by atoms with Gasteiger partial charge in [0.05, 0.1) is 6.04 Å². The fraction of sp³-hybridized carbons (Fsp3) is 0.500. The Morgan fingerprint density at radius 3 is 2.47 bits per heavy atom. The molecule has 1 aromatic rings. The molecule has 0 bridgehead atoms. The zero-order chi connectivity index (χ0) is 12.3. The highest BCUT2D eigenvalue weighted by Crippen LogP contribution is 2.19. The lowest BCUT2D eigenvalue weighted by atomic mass is 10.1. The highest BCUT2D eigenvalue weighted by atomic mass is 16.2. The van der Waals surface area contributed by atoms with Crippen molar-refractivity contribution in [3.05, 3.63) is 35.9 Å². The van der Waals surface area contributed by atoms with E-state index in [4.69, 9.17) is 0 Å². The summed E-state index contributed by atoms with van der Waals surface area (Å²) in [7, 11) is 0. The lowest BCUT2D eigenvalue weighted by molar-refractivity contribution is -0.123. The third kappa shape index (κ3) is 3.56. The average Bonchev–Trinajstić information content (AvgIpc) is 3.14. The van der Waals surface area contributed by atoms with Crippen molar-refractivity contribution in [2.75, 3.05) is 0 Å². The Morgan fingerprint density at radius 1 is 1.24 bits per heavy atom. The fourth-order valence-corrected chi connectivity index (χ4v) is 1.84. The lowest BCUT2D eigenvalue weighted by Crippen LogP contribution is -2.43. The van der Waals surface area contributed by atoms with E-state index in [2.05, 4.69) is 29.7 Å². The van der Waals surface area contributed by atoms with Crippen molar-refractivity contribution in [1.82, 2.24) is 10.6 Å². The van der Waals surface area contributed by atoms with E-state index in [1.165, 1.54) is 5.56 Å². The quantitative estimate of drug-likeness (QED) is 0.815. The molecule has 2 N–H and O–H groups in total. The summed E-state index contributed by atoms with van der Waals surface area (Å²) in [4.78, 5) is 11.8. The summed E-state index contributed by atoms with van der Waals surface area (Å²) < 4.78 is 0. The van der Waals surface area contributed by atoms with Crippen molar-refractivity contribution in [2.24, 2.45) is 0 Å². The van der Waals surface area contributed by atoms with Crippen LogP contribution in [0.15, 0.2) is 30.3 Å². The molecule has 92 valence electrons. The Morgan fingerprint density at radius 2 is 1.88 bits per heavy atom. The molecule has 0 radical (unpaired) electrons. The predicted octanol–water partition coefficient (Wildman–Crippen LogP) is 2.00. The average molecular weight is 232 g/mol. The molecule has 1 aromatic carbocycles. The van der Waals surface area contributed by atoms with Crippen LogP contribution in [0.3, 0.4) is 0 Å². The van der Waals surface area contributed by atoms with Gasteiger partial charge in [-0.2, -0.15) is 0 Å². The Hall–Kier alpha value is -1.35. The van der Waals surface area contributed by atoms with Crippen molar-refractivity contribution in [2.45, 2.75) is 44.8 Å². The Labute approximate surface area is 103 Å². The second-order valence-electron chi connectivity index (χ2n) is 4.80. The summed E-state index contributed by atoms with van der Waals surface area (Å²) in [5, 5.41) is 6.33. The van der Waals surface area contributed by atoms with Gasteiger partial charge in [0.1, 0.15) is 0 Å². The van der Waals surface area contributed by atoms with Crippen molar-refractivity contribution in [3.8, 4) is 0 Å². The molecule has 2 atom stereocenters. The largest absolute Gasteiger partial charge is 0.352 e. The van der Waals surface area contributed by atoms with Crippen LogP contribution in [0.4, 0.5) is 0 Å². The number of amides is 1. The van der Waals surface area contributed by atoms with Crippen LogP contribution in [0.2, 0.25) is 0 Å². The number of nitrogens with one attached hydrogen (secondary N) is 2. The number of carbonyl (C=O) groups is 1. The van der Waals surface area contributed by atoms with Crippen molar-refractivity contribution in [3.63, 3.8) is 0 Å². The third-order valence-corrected chi connectivity index (χ3v) is 3.12. The van der Waals surface area contributed by atoms with E-state index in [1.807, 2.05) is 25.1 Å². The van der Waals surface area contributed by atoms with Gasteiger partial charge in [0.15, 0.2) is 0 Å². The molecule has 0 heterocycles. The zero-order valence-corrected chi connectivity index (χ0v) is 10.4. The molecular weight excluding hydrogens is 212 g/mol. The highest BCUT2D eigenvalue weighted by molar-refractivity contribution is 5.81. The van der Waals surface area contributed by atoms with Crippen LogP contribution < -0.4 is 10.6 Å². The smallest absolute Gasteiger partial charge is 0.237 e. The molecule has 3 heteroatoms. The fourth-order valence-electron chi connectivity index (χ4n) is 1.84. The first-order chi connectivity index (χ1) is 8.16. The minimum atomic E-state index is -0.147. The highest BCUT2D eigenvalue weighted by Gasteiger charge is 2.26. The van der Waals surface area contributed by atoms with Crippen molar-refractivity contribution < 1.29 is 4.79 Å². The van der Waals surface area contributed by atoms with Gasteiger partial charge in [-0.1, -0.05) is 30.3 Å². The Kier molecular flexibility index (Phi) is 3.79. The van der Waals surface area contributed by atoms with Crippen molar-refractivity contribution >= 4 is 5.91 Å². The molecule has 0 aromatic heterocycles. The SMILES string of the molecule is CC(N[C@H](C)c1ccccc1)C(=O)NC1CC1. The molecule has 0 saturated heterocycles. The van der Waals surface area contributed by atoms with Crippen LogP contribution >= 0.6 is 0 Å². The second-order valence-corrected chi connectivity index (χ2v) is 4.80. The number of hydrogen-bond acceptors (Lipinski definition) is 2. The van der Waals surface area contributed by atoms with Crippen LogP contribution in [0.5, 0.6) is 0 Å². The maximum absolute atomic E-state index is 11.8. The Balaban J connectivity index is 1.84. The van der Waals surface area contributed by atoms with E-state index in [0.29, 0.717) is 6.04 Å². The topological polar surface area (TPSA) is 41.1 Å². The van der Waals surface area contributed by atoms with E-state index in [-0.39, 0.29) is 18.0 Å². The summed E-state index contributed by atoms with van der Waals surface area (Å²) >= 11 is 0. The van der Waals surface area contributed by atoms with Gasteiger partial charge in [-0.25, -0.2) is 0 Å². The van der Waals surface area contributed by atoms with E-state index in [1.54, 1.807) is 0 Å². The van der Waals surface area contributed by atoms with E-state index in [9.17, 15) is 4.79 Å². The molecule has 1 aliphatic rings. The van der Waals surface area contributed by atoms with E-state index >= 15 is 0 Å². The minimum Gasteiger partial charge on any atom is -0.352 e. The van der Waals surface area contributed by atoms with Gasteiger partial charge in [0.2, 0.25) is 5.91 Å². The van der Waals surface area contributed by atoms with Crippen LogP contribution in [0.1, 0.15) is 38.3 Å². The standard InChI is InChI=1S/C14H20N2O/c1-10(12-6-4-3-5-7-12)15-11(2)14(17)16-13-8-9-13/h3-7,10-11,13,15H,8-9H2,1-2H3,(H,16,17)/t10-,11?/m1/s1. The predicted molar refractivity (Wildman–Crippen MR) is 68.6 cm³/mol. The van der Waals surface area contributed by atoms with E-state index in [0.717, 1.165) is 12.8 Å². The summed E-state index contributed by atoms with van der Waals surface area (Å²) in [6.07, 6.45) is 2.26. The van der Waals surface area contributed by atoms with Gasteiger partial charge in [-0.05, 0) is 32.3 Å². The molecule has 1 fully saturated rings. The van der Waals surface area contributed by atoms with Crippen molar-refractivity contribution in [1.29, 1.82) is 0 Å². The Bertz CT molecular complexity index is 373. The number of carbonyl (C=O) groups excluding carboxylic acids is 1. The second kappa shape index (κ2) is 5.32. The molecule has 2 rings (SSSR count). The monoisotopic (exact) mass is 232 g/mol. The summed E-state index contributed by atoms with van der Waals surface area (Å²) in [5.41, 5.74) is 1.21. The van der Waals surface area contributed by atoms with Crippen LogP contribution in [0, 0.1) is 0 Å². The first kappa shape index (κ1) is 12.1. The molecule has 1 amide bonds. The summed E-state index contributed by atoms with van der Waals surface area (Å²) in [6, 6.07) is 10.7.